The summed E-state index contributed by atoms with van der Waals surface area (Å²) >= 11 is 5.00. The number of fused-ring (bicyclic) bond motifs is 1. The van der Waals surface area contributed by atoms with Gasteiger partial charge in [-0.15, -0.1) is 22.7 Å². The number of hydrogen-bond donors (Lipinski definition) is 1. The first kappa shape index (κ1) is 16.6. The van der Waals surface area contributed by atoms with Crippen molar-refractivity contribution in [1.82, 2.24) is 19.9 Å². The van der Waals surface area contributed by atoms with Gasteiger partial charge in [-0.05, 0) is 6.26 Å². The average Bonchev–Trinajstić information content (AvgIpc) is 3.13. The summed E-state index contributed by atoms with van der Waals surface area (Å²) in [7, 11) is 0. The molecule has 0 aliphatic heterocycles. The number of anilines is 1. The highest BCUT2D eigenvalue weighted by atomic mass is 32.2. The summed E-state index contributed by atoms with van der Waals surface area (Å²) in [5.41, 5.74) is 2.01. The van der Waals surface area contributed by atoms with Gasteiger partial charge in [-0.25, -0.2) is 19.9 Å². The summed E-state index contributed by atoms with van der Waals surface area (Å²) in [6.07, 6.45) is 4.47. The van der Waals surface area contributed by atoms with E-state index in [-0.39, 0.29) is 5.41 Å². The van der Waals surface area contributed by atoms with Crippen LogP contribution in [0.1, 0.15) is 31.5 Å². The molecule has 0 aliphatic rings. The lowest BCUT2D eigenvalue weighted by molar-refractivity contribution is 0.583. The molecule has 3 heterocycles. The highest BCUT2D eigenvalue weighted by Gasteiger charge is 2.17. The van der Waals surface area contributed by atoms with E-state index in [0.717, 1.165) is 39.2 Å². The summed E-state index contributed by atoms with van der Waals surface area (Å²) in [6, 6.07) is 0. The molecule has 0 bridgehead atoms. The molecular weight excluding hydrogens is 346 g/mol. The molecule has 122 valence electrons. The van der Waals surface area contributed by atoms with Gasteiger partial charge >= 0.3 is 0 Å². The number of rotatable bonds is 5. The third kappa shape index (κ3) is 3.81. The van der Waals surface area contributed by atoms with Crippen molar-refractivity contribution in [2.75, 3.05) is 18.1 Å². The number of thioether (sulfide) groups is 1. The molecule has 0 aromatic carbocycles. The molecule has 3 rings (SSSR count). The number of nitrogens with one attached hydrogen (secondary N) is 1. The van der Waals surface area contributed by atoms with Crippen molar-refractivity contribution >= 4 is 50.6 Å². The Morgan fingerprint density at radius 1 is 1.22 bits per heavy atom. The fourth-order valence-electron chi connectivity index (χ4n) is 2.02. The lowest BCUT2D eigenvalue weighted by Crippen LogP contribution is -2.11. The summed E-state index contributed by atoms with van der Waals surface area (Å²) in [5, 5.41) is 6.73. The zero-order valence-corrected chi connectivity index (χ0v) is 16.0. The van der Waals surface area contributed by atoms with Crippen LogP contribution in [0.15, 0.2) is 16.0 Å². The van der Waals surface area contributed by atoms with Crippen molar-refractivity contribution in [3.05, 3.63) is 22.4 Å². The summed E-state index contributed by atoms with van der Waals surface area (Å²) in [4.78, 5) is 17.8. The van der Waals surface area contributed by atoms with Gasteiger partial charge in [0.15, 0.2) is 9.99 Å². The Labute approximate surface area is 148 Å². The summed E-state index contributed by atoms with van der Waals surface area (Å²) < 4.78 is 2.03. The minimum Gasteiger partial charge on any atom is -0.368 e. The lowest BCUT2D eigenvalue weighted by atomic mass is 9.98. The minimum absolute atomic E-state index is 0.117. The van der Waals surface area contributed by atoms with Gasteiger partial charge in [-0.2, -0.15) is 0 Å². The monoisotopic (exact) mass is 365 g/mol. The van der Waals surface area contributed by atoms with E-state index in [1.807, 2.05) is 6.26 Å². The van der Waals surface area contributed by atoms with E-state index in [0.29, 0.717) is 0 Å². The molecule has 8 heteroatoms. The minimum atomic E-state index is 0.117. The molecule has 1 N–H and O–H groups in total. The van der Waals surface area contributed by atoms with Crippen molar-refractivity contribution in [3.8, 4) is 0 Å². The second kappa shape index (κ2) is 6.70. The van der Waals surface area contributed by atoms with Gasteiger partial charge in [0.25, 0.3) is 0 Å². The molecule has 0 atom stereocenters. The zero-order valence-electron chi connectivity index (χ0n) is 13.6. The lowest BCUT2D eigenvalue weighted by Gasteiger charge is -2.13. The topological polar surface area (TPSA) is 63.6 Å². The predicted molar refractivity (Wildman–Crippen MR) is 100.0 cm³/mol. The number of nitrogens with zero attached hydrogens (tertiary/aromatic N) is 4. The van der Waals surface area contributed by atoms with Crippen LogP contribution in [-0.4, -0.2) is 32.7 Å². The Morgan fingerprint density at radius 3 is 2.74 bits per heavy atom. The third-order valence-electron chi connectivity index (χ3n) is 3.21. The standard InChI is InChI=1S/C15H19N5S3/c1-15(2,3)13-19-9(7-22-13)5-6-16-11-10-12(18-8-17-11)20-14(21-4)23-10/h7-8H,5-6H2,1-4H3,(H,16,17,18). The molecule has 0 radical (unpaired) electrons. The average molecular weight is 366 g/mol. The maximum absolute atomic E-state index is 4.73. The van der Waals surface area contributed by atoms with E-state index < -0.39 is 0 Å². The normalized spacial score (nSPS) is 12.0. The van der Waals surface area contributed by atoms with E-state index in [1.54, 1.807) is 40.8 Å². The van der Waals surface area contributed by atoms with Crippen LogP contribution in [0.3, 0.4) is 0 Å². The molecule has 0 amide bonds. The van der Waals surface area contributed by atoms with Crippen molar-refractivity contribution < 1.29 is 0 Å². The molecule has 0 unspecified atom stereocenters. The number of thiazole rings is 2. The Bertz CT molecular complexity index is 803. The Balaban J connectivity index is 1.67. The molecular formula is C15H19N5S3. The van der Waals surface area contributed by atoms with Crippen molar-refractivity contribution in [2.24, 2.45) is 0 Å². The summed E-state index contributed by atoms with van der Waals surface area (Å²) in [5.74, 6) is 0.860. The van der Waals surface area contributed by atoms with Crippen LogP contribution in [0.4, 0.5) is 5.82 Å². The zero-order chi connectivity index (χ0) is 16.4. The molecule has 3 aromatic rings. The van der Waals surface area contributed by atoms with Gasteiger partial charge in [-0.1, -0.05) is 32.5 Å². The molecule has 0 aliphatic carbocycles. The van der Waals surface area contributed by atoms with Crippen LogP contribution >= 0.6 is 34.4 Å². The van der Waals surface area contributed by atoms with Gasteiger partial charge in [0.1, 0.15) is 16.8 Å². The molecule has 0 spiro atoms. The number of hydrogen-bond acceptors (Lipinski definition) is 8. The largest absolute Gasteiger partial charge is 0.368 e. The molecule has 3 aromatic heterocycles. The van der Waals surface area contributed by atoms with E-state index in [9.17, 15) is 0 Å². The van der Waals surface area contributed by atoms with E-state index in [1.165, 1.54) is 5.01 Å². The third-order valence-corrected chi connectivity index (χ3v) is 6.57. The van der Waals surface area contributed by atoms with Gasteiger partial charge in [0.05, 0.1) is 10.7 Å². The predicted octanol–water partition coefficient (Wildman–Crippen LogP) is 4.22. The van der Waals surface area contributed by atoms with E-state index in [2.05, 4.69) is 46.4 Å². The maximum atomic E-state index is 4.73. The van der Waals surface area contributed by atoms with Crippen LogP contribution in [0, 0.1) is 0 Å². The number of aromatic nitrogens is 4. The summed E-state index contributed by atoms with van der Waals surface area (Å²) in [6.45, 7) is 7.38. The first-order valence-corrected chi connectivity index (χ1v) is 10.2. The highest BCUT2D eigenvalue weighted by molar-refractivity contribution is 8.00. The van der Waals surface area contributed by atoms with Crippen LogP contribution in [0.2, 0.25) is 0 Å². The fourth-order valence-corrected chi connectivity index (χ4v) is 4.44. The SMILES string of the molecule is CSc1nc2ncnc(NCCc3csc(C(C)(C)C)n3)c2s1. The first-order chi connectivity index (χ1) is 11.0. The second-order valence-electron chi connectivity index (χ2n) is 6.13. The molecule has 23 heavy (non-hydrogen) atoms. The van der Waals surface area contributed by atoms with Crippen LogP contribution in [-0.2, 0) is 11.8 Å². The van der Waals surface area contributed by atoms with E-state index >= 15 is 0 Å². The van der Waals surface area contributed by atoms with Crippen LogP contribution < -0.4 is 5.32 Å². The maximum Gasteiger partial charge on any atom is 0.176 e. The van der Waals surface area contributed by atoms with Gasteiger partial charge in [0, 0.05) is 23.8 Å². The van der Waals surface area contributed by atoms with Crippen molar-refractivity contribution in [1.29, 1.82) is 0 Å². The van der Waals surface area contributed by atoms with E-state index in [4.69, 9.17) is 4.98 Å². The Hall–Kier alpha value is -1.25. The Morgan fingerprint density at radius 2 is 2.04 bits per heavy atom. The van der Waals surface area contributed by atoms with Crippen molar-refractivity contribution in [2.45, 2.75) is 36.9 Å². The Kier molecular flexibility index (Phi) is 4.84. The first-order valence-electron chi connectivity index (χ1n) is 7.31. The highest BCUT2D eigenvalue weighted by Crippen LogP contribution is 2.31. The van der Waals surface area contributed by atoms with Gasteiger partial charge in [0.2, 0.25) is 0 Å². The molecule has 0 saturated carbocycles. The van der Waals surface area contributed by atoms with Crippen LogP contribution in [0.5, 0.6) is 0 Å². The van der Waals surface area contributed by atoms with Crippen molar-refractivity contribution in [3.63, 3.8) is 0 Å². The molecule has 0 saturated heterocycles. The second-order valence-corrected chi connectivity index (χ2v) is 9.04. The smallest absolute Gasteiger partial charge is 0.176 e. The molecule has 5 nitrogen and oxygen atoms in total. The van der Waals surface area contributed by atoms with Gasteiger partial charge in [-0.3, -0.25) is 0 Å². The van der Waals surface area contributed by atoms with Gasteiger partial charge < -0.3 is 5.32 Å². The molecule has 0 fully saturated rings. The fraction of sp³-hybridized carbons (Fsp3) is 0.467. The van der Waals surface area contributed by atoms with Crippen LogP contribution in [0.25, 0.3) is 10.3 Å². The quantitative estimate of drug-likeness (QED) is 0.683.